The van der Waals surface area contributed by atoms with E-state index in [1.807, 2.05) is 0 Å². The number of halogens is 1. The van der Waals surface area contributed by atoms with E-state index in [1.165, 1.54) is 34.4 Å². The van der Waals surface area contributed by atoms with Gasteiger partial charge in [-0.3, -0.25) is 4.68 Å². The molecule has 3 aromatic rings. The van der Waals surface area contributed by atoms with Crippen LogP contribution in [-0.2, 0) is 23.5 Å². The molecule has 0 amide bonds. The molecule has 2 atom stereocenters. The number of aryl methyl sites for hydroxylation is 1. The van der Waals surface area contributed by atoms with Gasteiger partial charge < -0.3 is 10.5 Å². The van der Waals surface area contributed by atoms with Gasteiger partial charge in [0.2, 0.25) is 0 Å². The molecule has 2 bridgehead atoms. The van der Waals surface area contributed by atoms with Crippen LogP contribution in [-0.4, -0.2) is 35.3 Å². The molecular weight excluding hydrogens is 423 g/mol. The molecule has 12 heteroatoms. The predicted molar refractivity (Wildman–Crippen MR) is 109 cm³/mol. The molecule has 0 spiro atoms. The standard InChI is InChI=1S/C19H19FN8O2S/c1-10-12-6-11(20)4-5-16(12)31(23,29)27(2)9-14-17(15(7-21)28(3)26-14)13-8-24-18(22)19(25-13)30-10/h4-6,8,10,23H,9H2,1-3H3,(H2,22,24). The van der Waals surface area contributed by atoms with Gasteiger partial charge in [-0.1, -0.05) is 0 Å². The summed E-state index contributed by atoms with van der Waals surface area (Å²) < 4.78 is 44.8. The Hall–Kier alpha value is -3.56. The normalized spacial score (nSPS) is 21.1. The highest BCUT2D eigenvalue weighted by Crippen LogP contribution is 2.35. The zero-order valence-electron chi connectivity index (χ0n) is 17.0. The van der Waals surface area contributed by atoms with Crippen LogP contribution in [0.5, 0.6) is 5.88 Å². The van der Waals surface area contributed by atoms with Gasteiger partial charge in [0.25, 0.3) is 5.88 Å². The summed E-state index contributed by atoms with van der Waals surface area (Å²) in [7, 11) is -0.449. The monoisotopic (exact) mass is 442 g/mol. The van der Waals surface area contributed by atoms with E-state index in [9.17, 15) is 13.9 Å². The number of nitriles is 1. The molecule has 0 fully saturated rings. The van der Waals surface area contributed by atoms with E-state index in [0.29, 0.717) is 17.0 Å². The van der Waals surface area contributed by atoms with Gasteiger partial charge in [-0.15, -0.1) is 0 Å². The van der Waals surface area contributed by atoms with Crippen molar-refractivity contribution in [3.05, 3.63) is 47.2 Å². The van der Waals surface area contributed by atoms with Crippen LogP contribution in [0.3, 0.4) is 0 Å². The van der Waals surface area contributed by atoms with Crippen LogP contribution >= 0.6 is 0 Å². The second kappa shape index (κ2) is 7.29. The average Bonchev–Trinajstić information content (AvgIpc) is 3.03. The van der Waals surface area contributed by atoms with Gasteiger partial charge >= 0.3 is 0 Å². The van der Waals surface area contributed by atoms with Crippen molar-refractivity contribution in [1.29, 1.82) is 10.0 Å². The van der Waals surface area contributed by atoms with E-state index in [1.54, 1.807) is 14.0 Å². The van der Waals surface area contributed by atoms with Gasteiger partial charge in [-0.25, -0.2) is 27.7 Å². The van der Waals surface area contributed by atoms with Crippen molar-refractivity contribution >= 4 is 15.7 Å². The highest BCUT2D eigenvalue weighted by molar-refractivity contribution is 7.90. The molecule has 160 valence electrons. The number of ether oxygens (including phenoxy) is 1. The second-order valence-electron chi connectivity index (χ2n) is 7.11. The lowest BCUT2D eigenvalue weighted by molar-refractivity contribution is 0.214. The number of nitrogen functional groups attached to an aromatic ring is 1. The number of rotatable bonds is 0. The molecule has 10 nitrogen and oxygen atoms in total. The maximum Gasteiger partial charge on any atom is 0.258 e. The van der Waals surface area contributed by atoms with Crippen molar-refractivity contribution in [2.24, 2.45) is 7.05 Å². The first kappa shape index (κ1) is 20.7. The quantitative estimate of drug-likeness (QED) is 0.543. The summed E-state index contributed by atoms with van der Waals surface area (Å²) in [6.45, 7) is 1.59. The fraction of sp³-hybridized carbons (Fsp3) is 0.263. The summed E-state index contributed by atoms with van der Waals surface area (Å²) in [6, 6.07) is 5.73. The van der Waals surface area contributed by atoms with Gasteiger partial charge in [-0.2, -0.15) is 10.4 Å². The van der Waals surface area contributed by atoms with Crippen LogP contribution in [0.2, 0.25) is 0 Å². The lowest BCUT2D eigenvalue weighted by Gasteiger charge is -2.25. The zero-order chi connectivity index (χ0) is 22.5. The lowest BCUT2D eigenvalue weighted by Crippen LogP contribution is -2.28. The molecule has 1 aliphatic rings. The minimum Gasteiger partial charge on any atom is -0.467 e. The van der Waals surface area contributed by atoms with E-state index < -0.39 is 21.8 Å². The Labute approximate surface area is 178 Å². The van der Waals surface area contributed by atoms with Crippen LogP contribution in [0.25, 0.3) is 11.3 Å². The van der Waals surface area contributed by atoms with Crippen molar-refractivity contribution in [1.82, 2.24) is 24.1 Å². The van der Waals surface area contributed by atoms with Gasteiger partial charge in [-0.05, 0) is 25.1 Å². The maximum absolute atomic E-state index is 14.0. The Morgan fingerprint density at radius 1 is 1.42 bits per heavy atom. The third-order valence-corrected chi connectivity index (χ3v) is 7.03. The van der Waals surface area contributed by atoms with Crippen molar-refractivity contribution in [2.45, 2.75) is 24.5 Å². The zero-order valence-corrected chi connectivity index (χ0v) is 17.8. The number of benzene rings is 1. The Kier molecular flexibility index (Phi) is 4.87. The van der Waals surface area contributed by atoms with E-state index in [-0.39, 0.29) is 34.4 Å². The molecule has 0 saturated heterocycles. The fourth-order valence-electron chi connectivity index (χ4n) is 3.47. The second-order valence-corrected chi connectivity index (χ2v) is 9.22. The number of nitrogens with zero attached hydrogens (tertiary/aromatic N) is 6. The highest BCUT2D eigenvalue weighted by atomic mass is 32.2. The minimum absolute atomic E-state index is 0.00159. The van der Waals surface area contributed by atoms with E-state index in [2.05, 4.69) is 21.1 Å². The first-order valence-electron chi connectivity index (χ1n) is 9.18. The minimum atomic E-state index is -3.55. The Balaban J connectivity index is 2.03. The maximum atomic E-state index is 14.0. The fourth-order valence-corrected chi connectivity index (χ4v) is 4.90. The van der Waals surface area contributed by atoms with Crippen LogP contribution < -0.4 is 10.5 Å². The van der Waals surface area contributed by atoms with Crippen LogP contribution in [0, 0.1) is 21.9 Å². The molecular formula is C19H19FN8O2S. The van der Waals surface area contributed by atoms with Crippen molar-refractivity contribution in [2.75, 3.05) is 12.8 Å². The third-order valence-electron chi connectivity index (χ3n) is 5.06. The lowest BCUT2D eigenvalue weighted by atomic mass is 10.1. The number of fused-ring (bicyclic) bond motifs is 5. The number of anilines is 1. The van der Waals surface area contributed by atoms with Gasteiger partial charge in [0, 0.05) is 19.7 Å². The predicted octanol–water partition coefficient (Wildman–Crippen LogP) is 2.38. The van der Waals surface area contributed by atoms with Gasteiger partial charge in [0.1, 0.15) is 33.6 Å². The summed E-state index contributed by atoms with van der Waals surface area (Å²) >= 11 is 0. The summed E-state index contributed by atoms with van der Waals surface area (Å²) in [5.74, 6) is -0.583. The molecule has 2 unspecified atom stereocenters. The molecule has 0 aliphatic carbocycles. The highest BCUT2D eigenvalue weighted by Gasteiger charge is 2.29. The molecule has 0 radical (unpaired) electrons. The van der Waals surface area contributed by atoms with Crippen LogP contribution in [0.15, 0.2) is 29.3 Å². The number of hydrogen-bond donors (Lipinski definition) is 2. The Bertz CT molecular complexity index is 1350. The van der Waals surface area contributed by atoms with Crippen molar-refractivity contribution in [3.8, 4) is 23.2 Å². The van der Waals surface area contributed by atoms with Gasteiger partial charge in [0.05, 0.1) is 34.6 Å². The Morgan fingerprint density at radius 3 is 2.87 bits per heavy atom. The number of nitrogens with one attached hydrogen (secondary N) is 1. The largest absolute Gasteiger partial charge is 0.467 e. The average molecular weight is 442 g/mol. The SMILES string of the molecule is CC1Oc2nc(cnc2N)-c2c(nn(C)c2C#N)CN(C)S(=N)(=O)c2ccc(F)cc21. The van der Waals surface area contributed by atoms with Crippen LogP contribution in [0.4, 0.5) is 10.2 Å². The topological polar surface area (TPSA) is 147 Å². The van der Waals surface area contributed by atoms with Gasteiger partial charge in [0.15, 0.2) is 5.82 Å². The molecule has 0 saturated carbocycles. The third kappa shape index (κ3) is 3.37. The Morgan fingerprint density at radius 2 is 2.16 bits per heavy atom. The number of aromatic nitrogens is 4. The molecule has 1 aromatic carbocycles. The number of nitrogens with two attached hydrogens (primary N) is 1. The molecule has 3 heterocycles. The van der Waals surface area contributed by atoms with E-state index in [0.717, 1.165) is 6.07 Å². The van der Waals surface area contributed by atoms with Crippen molar-refractivity contribution in [3.63, 3.8) is 0 Å². The summed E-state index contributed by atoms with van der Waals surface area (Å²) in [5, 5.41) is 14.0. The summed E-state index contributed by atoms with van der Waals surface area (Å²) in [4.78, 5) is 8.66. The molecule has 31 heavy (non-hydrogen) atoms. The van der Waals surface area contributed by atoms with E-state index >= 15 is 0 Å². The summed E-state index contributed by atoms with van der Waals surface area (Å²) in [5.41, 5.74) is 7.45. The molecule has 3 N–H and O–H groups in total. The molecule has 4 rings (SSSR count). The summed E-state index contributed by atoms with van der Waals surface area (Å²) in [6.07, 6.45) is 0.561. The molecule has 1 aliphatic heterocycles. The molecule has 2 aromatic heterocycles. The first-order valence-corrected chi connectivity index (χ1v) is 10.7. The van der Waals surface area contributed by atoms with Crippen molar-refractivity contribution < 1.29 is 13.3 Å². The number of hydrogen-bond acceptors (Lipinski definition) is 8. The smallest absolute Gasteiger partial charge is 0.258 e. The van der Waals surface area contributed by atoms with Crippen LogP contribution in [0.1, 0.15) is 30.0 Å². The van der Waals surface area contributed by atoms with E-state index in [4.69, 9.17) is 15.3 Å². The first-order chi connectivity index (χ1) is 14.6.